The molecule has 2 rings (SSSR count). The minimum atomic E-state index is -0.494. The number of carbonyl (C=O) groups excluding carboxylic acids is 2. The standard InChI is InChI=1S/C17H23NO3/c1-3-13(4-2)11-16(19)18-15(12-21-17(18)20)10-14-8-6-5-7-9-14/h5-9,13,15H,3-4,10-12H2,1-2H3. The Hall–Kier alpha value is -1.84. The molecule has 21 heavy (non-hydrogen) atoms. The lowest BCUT2D eigenvalue weighted by Gasteiger charge is -2.22. The molecular formula is C17H23NO3. The van der Waals surface area contributed by atoms with E-state index in [0.29, 0.717) is 25.4 Å². The van der Waals surface area contributed by atoms with E-state index in [2.05, 4.69) is 13.8 Å². The van der Waals surface area contributed by atoms with Gasteiger partial charge in [-0.05, 0) is 17.9 Å². The SMILES string of the molecule is CCC(CC)CC(=O)N1C(=O)OCC1Cc1ccccc1. The summed E-state index contributed by atoms with van der Waals surface area (Å²) in [6.45, 7) is 4.44. The Balaban J connectivity index is 2.04. The molecule has 0 N–H and O–H groups in total. The summed E-state index contributed by atoms with van der Waals surface area (Å²) in [6.07, 6.45) is 2.49. The van der Waals surface area contributed by atoms with Crippen molar-refractivity contribution in [2.24, 2.45) is 5.92 Å². The second kappa shape index (κ2) is 7.25. The van der Waals surface area contributed by atoms with Crippen molar-refractivity contribution in [3.8, 4) is 0 Å². The van der Waals surface area contributed by atoms with Crippen LogP contribution >= 0.6 is 0 Å². The summed E-state index contributed by atoms with van der Waals surface area (Å²) in [7, 11) is 0. The lowest BCUT2D eigenvalue weighted by molar-refractivity contribution is -0.130. The minimum Gasteiger partial charge on any atom is -0.447 e. The summed E-state index contributed by atoms with van der Waals surface area (Å²) in [6, 6.07) is 9.71. The van der Waals surface area contributed by atoms with Gasteiger partial charge >= 0.3 is 6.09 Å². The van der Waals surface area contributed by atoms with Crippen LogP contribution in [0.3, 0.4) is 0 Å². The molecule has 4 heteroatoms. The zero-order valence-electron chi connectivity index (χ0n) is 12.7. The third-order valence-corrected chi connectivity index (χ3v) is 4.16. The first-order chi connectivity index (χ1) is 10.2. The summed E-state index contributed by atoms with van der Waals surface area (Å²) in [5.74, 6) is 0.232. The topological polar surface area (TPSA) is 46.6 Å². The van der Waals surface area contributed by atoms with Crippen LogP contribution in [-0.2, 0) is 16.0 Å². The van der Waals surface area contributed by atoms with E-state index in [-0.39, 0.29) is 11.9 Å². The van der Waals surface area contributed by atoms with Gasteiger partial charge in [-0.2, -0.15) is 0 Å². The molecule has 1 heterocycles. The lowest BCUT2D eigenvalue weighted by Crippen LogP contribution is -2.40. The molecule has 1 atom stereocenters. The molecule has 1 aromatic carbocycles. The first kappa shape index (κ1) is 15.5. The maximum atomic E-state index is 12.4. The van der Waals surface area contributed by atoms with Crippen LogP contribution in [0, 0.1) is 5.92 Å². The quantitative estimate of drug-likeness (QED) is 0.806. The first-order valence-corrected chi connectivity index (χ1v) is 7.68. The van der Waals surface area contributed by atoms with Crippen LogP contribution in [0.1, 0.15) is 38.7 Å². The minimum absolute atomic E-state index is 0.105. The van der Waals surface area contributed by atoms with Crippen molar-refractivity contribution in [3.63, 3.8) is 0 Å². The Morgan fingerprint density at radius 1 is 1.29 bits per heavy atom. The highest BCUT2D eigenvalue weighted by Crippen LogP contribution is 2.21. The number of imide groups is 1. The predicted molar refractivity (Wildman–Crippen MR) is 80.8 cm³/mol. The highest BCUT2D eigenvalue weighted by atomic mass is 16.6. The molecule has 1 aliphatic rings. The van der Waals surface area contributed by atoms with Gasteiger partial charge in [0.2, 0.25) is 5.91 Å². The summed E-state index contributed by atoms with van der Waals surface area (Å²) in [5, 5.41) is 0. The number of rotatable bonds is 6. The lowest BCUT2D eigenvalue weighted by atomic mass is 9.98. The van der Waals surface area contributed by atoms with Crippen molar-refractivity contribution < 1.29 is 14.3 Å². The largest absolute Gasteiger partial charge is 0.447 e. The highest BCUT2D eigenvalue weighted by molar-refractivity contribution is 5.93. The monoisotopic (exact) mass is 289 g/mol. The van der Waals surface area contributed by atoms with Crippen LogP contribution < -0.4 is 0 Å². The zero-order valence-corrected chi connectivity index (χ0v) is 12.7. The van der Waals surface area contributed by atoms with Gasteiger partial charge in [-0.25, -0.2) is 9.69 Å². The molecule has 0 aliphatic carbocycles. The molecule has 1 saturated heterocycles. The van der Waals surface area contributed by atoms with Crippen molar-refractivity contribution in [1.29, 1.82) is 0 Å². The Morgan fingerprint density at radius 3 is 2.57 bits per heavy atom. The normalized spacial score (nSPS) is 18.1. The molecule has 4 nitrogen and oxygen atoms in total. The molecule has 1 aromatic rings. The molecule has 0 spiro atoms. The van der Waals surface area contributed by atoms with Crippen LogP contribution in [-0.4, -0.2) is 29.5 Å². The zero-order chi connectivity index (χ0) is 15.2. The third kappa shape index (κ3) is 3.84. The van der Waals surface area contributed by atoms with Crippen LogP contribution in [0.25, 0.3) is 0 Å². The molecule has 0 radical (unpaired) electrons. The molecule has 1 aliphatic heterocycles. The van der Waals surface area contributed by atoms with E-state index >= 15 is 0 Å². The first-order valence-electron chi connectivity index (χ1n) is 7.68. The van der Waals surface area contributed by atoms with Gasteiger partial charge in [-0.15, -0.1) is 0 Å². The number of nitrogens with zero attached hydrogens (tertiary/aromatic N) is 1. The Labute approximate surface area is 126 Å². The van der Waals surface area contributed by atoms with Crippen molar-refractivity contribution in [1.82, 2.24) is 4.90 Å². The van der Waals surface area contributed by atoms with Crippen molar-refractivity contribution in [2.45, 2.75) is 45.6 Å². The smallest absolute Gasteiger partial charge is 0.416 e. The second-order valence-corrected chi connectivity index (χ2v) is 5.57. The number of carbonyl (C=O) groups is 2. The van der Waals surface area contributed by atoms with E-state index < -0.39 is 6.09 Å². The maximum Gasteiger partial charge on any atom is 0.416 e. The van der Waals surface area contributed by atoms with Gasteiger partial charge in [0.05, 0.1) is 6.04 Å². The van der Waals surface area contributed by atoms with Gasteiger partial charge < -0.3 is 4.74 Å². The highest BCUT2D eigenvalue weighted by Gasteiger charge is 2.38. The van der Waals surface area contributed by atoms with E-state index in [1.165, 1.54) is 4.90 Å². The van der Waals surface area contributed by atoms with E-state index in [4.69, 9.17) is 4.74 Å². The fourth-order valence-electron chi connectivity index (χ4n) is 2.73. The molecular weight excluding hydrogens is 266 g/mol. The van der Waals surface area contributed by atoms with E-state index in [0.717, 1.165) is 18.4 Å². The molecule has 114 valence electrons. The Kier molecular flexibility index (Phi) is 5.37. The number of benzene rings is 1. The fraction of sp³-hybridized carbons (Fsp3) is 0.529. The van der Waals surface area contributed by atoms with Crippen LogP contribution in [0.15, 0.2) is 30.3 Å². The summed E-state index contributed by atoms with van der Waals surface area (Å²) in [4.78, 5) is 25.6. The molecule has 2 amide bonds. The maximum absolute atomic E-state index is 12.4. The molecule has 1 fully saturated rings. The van der Waals surface area contributed by atoms with Gasteiger partial charge in [0.1, 0.15) is 6.61 Å². The predicted octanol–water partition coefficient (Wildman–Crippen LogP) is 3.40. The average Bonchev–Trinajstić information content (AvgIpc) is 2.86. The van der Waals surface area contributed by atoms with Gasteiger partial charge in [0, 0.05) is 6.42 Å². The number of cyclic esters (lactones) is 1. The van der Waals surface area contributed by atoms with Crippen LogP contribution in [0.5, 0.6) is 0 Å². The summed E-state index contributed by atoms with van der Waals surface area (Å²) in [5.41, 5.74) is 1.11. The number of hydrogen-bond donors (Lipinski definition) is 0. The van der Waals surface area contributed by atoms with E-state index in [1.54, 1.807) is 0 Å². The van der Waals surface area contributed by atoms with Gasteiger partial charge in [0.25, 0.3) is 0 Å². The molecule has 0 bridgehead atoms. The van der Waals surface area contributed by atoms with Crippen molar-refractivity contribution >= 4 is 12.0 Å². The van der Waals surface area contributed by atoms with Gasteiger partial charge in [-0.1, -0.05) is 57.0 Å². The number of ether oxygens (including phenoxy) is 1. The number of amides is 2. The van der Waals surface area contributed by atoms with Crippen LogP contribution in [0.4, 0.5) is 4.79 Å². The molecule has 0 aromatic heterocycles. The van der Waals surface area contributed by atoms with Crippen LogP contribution in [0.2, 0.25) is 0 Å². The molecule has 1 unspecified atom stereocenters. The van der Waals surface area contributed by atoms with Crippen molar-refractivity contribution in [3.05, 3.63) is 35.9 Å². The number of hydrogen-bond acceptors (Lipinski definition) is 3. The Bertz CT molecular complexity index is 482. The second-order valence-electron chi connectivity index (χ2n) is 5.57. The third-order valence-electron chi connectivity index (χ3n) is 4.16. The summed E-state index contributed by atoms with van der Waals surface area (Å²) >= 11 is 0. The Morgan fingerprint density at radius 2 is 1.95 bits per heavy atom. The fourth-order valence-corrected chi connectivity index (χ4v) is 2.73. The van der Waals surface area contributed by atoms with Gasteiger partial charge in [0.15, 0.2) is 0 Å². The summed E-state index contributed by atoms with van der Waals surface area (Å²) < 4.78 is 5.09. The van der Waals surface area contributed by atoms with E-state index in [1.807, 2.05) is 30.3 Å². The average molecular weight is 289 g/mol. The van der Waals surface area contributed by atoms with Crippen molar-refractivity contribution in [2.75, 3.05) is 6.61 Å². The molecule has 0 saturated carbocycles. The van der Waals surface area contributed by atoms with Gasteiger partial charge in [-0.3, -0.25) is 4.79 Å². The van der Waals surface area contributed by atoms with E-state index in [9.17, 15) is 9.59 Å².